The van der Waals surface area contributed by atoms with Gasteiger partial charge in [0.2, 0.25) is 0 Å². The summed E-state index contributed by atoms with van der Waals surface area (Å²) in [6.07, 6.45) is 1.69. The predicted octanol–water partition coefficient (Wildman–Crippen LogP) is 2.41. The molecule has 1 saturated heterocycles. The maximum Gasteiger partial charge on any atom is 0.121 e. The van der Waals surface area contributed by atoms with Crippen molar-refractivity contribution in [1.82, 2.24) is 4.90 Å². The van der Waals surface area contributed by atoms with Gasteiger partial charge in [-0.1, -0.05) is 12.1 Å². The van der Waals surface area contributed by atoms with Crippen LogP contribution in [0.15, 0.2) is 47.1 Å². The Morgan fingerprint density at radius 3 is 2.62 bits per heavy atom. The Morgan fingerprint density at radius 2 is 1.95 bits per heavy atom. The van der Waals surface area contributed by atoms with Gasteiger partial charge in [-0.05, 0) is 36.8 Å². The summed E-state index contributed by atoms with van der Waals surface area (Å²) in [5, 5.41) is 0. The van der Waals surface area contributed by atoms with E-state index in [9.17, 15) is 0 Å². The normalized spacial score (nSPS) is 17.9. The standard InChI is InChI=1S/C17H23N3O/c1-14-4-2-5-15(12-14)20-9-7-19(8-10-20)13-16(18)17-6-3-11-21-17/h2-6,11-12,16H,7-10,13,18H2,1H3. The van der Waals surface area contributed by atoms with Crippen LogP contribution in [-0.2, 0) is 0 Å². The number of hydrogen-bond acceptors (Lipinski definition) is 4. The zero-order valence-electron chi connectivity index (χ0n) is 12.5. The lowest BCUT2D eigenvalue weighted by Gasteiger charge is -2.37. The first-order chi connectivity index (χ1) is 10.2. The Labute approximate surface area is 126 Å². The number of furan rings is 1. The fourth-order valence-corrected chi connectivity index (χ4v) is 2.88. The summed E-state index contributed by atoms with van der Waals surface area (Å²) in [4.78, 5) is 4.86. The van der Waals surface area contributed by atoms with Crippen LogP contribution in [0.25, 0.3) is 0 Å². The lowest BCUT2D eigenvalue weighted by Crippen LogP contribution is -2.48. The Kier molecular flexibility index (Phi) is 4.27. The van der Waals surface area contributed by atoms with Crippen molar-refractivity contribution in [3.8, 4) is 0 Å². The first kappa shape index (κ1) is 14.2. The van der Waals surface area contributed by atoms with Gasteiger partial charge in [0.25, 0.3) is 0 Å². The summed E-state index contributed by atoms with van der Waals surface area (Å²) in [7, 11) is 0. The summed E-state index contributed by atoms with van der Waals surface area (Å²) < 4.78 is 5.38. The number of hydrogen-bond donors (Lipinski definition) is 1. The molecule has 1 atom stereocenters. The molecule has 21 heavy (non-hydrogen) atoms. The minimum Gasteiger partial charge on any atom is -0.468 e. The van der Waals surface area contributed by atoms with E-state index >= 15 is 0 Å². The van der Waals surface area contributed by atoms with E-state index in [2.05, 4.69) is 41.0 Å². The van der Waals surface area contributed by atoms with Crippen molar-refractivity contribution in [2.45, 2.75) is 13.0 Å². The second-order valence-corrected chi connectivity index (χ2v) is 5.75. The molecule has 2 aromatic rings. The van der Waals surface area contributed by atoms with Crippen LogP contribution >= 0.6 is 0 Å². The minimum atomic E-state index is -0.0366. The number of rotatable bonds is 4. The second-order valence-electron chi connectivity index (χ2n) is 5.75. The van der Waals surface area contributed by atoms with Crippen LogP contribution in [0.5, 0.6) is 0 Å². The van der Waals surface area contributed by atoms with E-state index < -0.39 is 0 Å². The zero-order valence-corrected chi connectivity index (χ0v) is 12.5. The molecule has 0 radical (unpaired) electrons. The van der Waals surface area contributed by atoms with Crippen LogP contribution in [0, 0.1) is 6.92 Å². The van der Waals surface area contributed by atoms with Crippen molar-refractivity contribution in [3.05, 3.63) is 54.0 Å². The van der Waals surface area contributed by atoms with Gasteiger partial charge in [0.15, 0.2) is 0 Å². The monoisotopic (exact) mass is 285 g/mol. The van der Waals surface area contributed by atoms with Crippen molar-refractivity contribution in [2.75, 3.05) is 37.6 Å². The van der Waals surface area contributed by atoms with E-state index in [4.69, 9.17) is 10.2 Å². The van der Waals surface area contributed by atoms with Gasteiger partial charge >= 0.3 is 0 Å². The molecule has 1 aromatic carbocycles. The molecule has 3 rings (SSSR count). The second kappa shape index (κ2) is 6.33. The van der Waals surface area contributed by atoms with E-state index in [1.54, 1.807) is 6.26 Å². The number of aryl methyl sites for hydroxylation is 1. The number of nitrogens with two attached hydrogens (primary N) is 1. The first-order valence-electron chi connectivity index (χ1n) is 7.55. The van der Waals surface area contributed by atoms with E-state index in [1.165, 1.54) is 11.3 Å². The molecular formula is C17H23N3O. The Morgan fingerprint density at radius 1 is 1.14 bits per heavy atom. The largest absolute Gasteiger partial charge is 0.468 e. The molecule has 1 fully saturated rings. The molecule has 2 N–H and O–H groups in total. The average molecular weight is 285 g/mol. The van der Waals surface area contributed by atoms with Crippen LogP contribution in [0.1, 0.15) is 17.4 Å². The highest BCUT2D eigenvalue weighted by Crippen LogP contribution is 2.19. The third-order valence-corrected chi connectivity index (χ3v) is 4.10. The quantitative estimate of drug-likeness (QED) is 0.937. The Hall–Kier alpha value is -1.78. The van der Waals surface area contributed by atoms with Crippen molar-refractivity contribution in [2.24, 2.45) is 5.73 Å². The highest BCUT2D eigenvalue weighted by atomic mass is 16.3. The molecule has 0 aliphatic carbocycles. The van der Waals surface area contributed by atoms with Gasteiger partial charge in [-0.15, -0.1) is 0 Å². The molecule has 1 unspecified atom stereocenters. The van der Waals surface area contributed by atoms with Crippen LogP contribution in [-0.4, -0.2) is 37.6 Å². The van der Waals surface area contributed by atoms with Crippen molar-refractivity contribution >= 4 is 5.69 Å². The lowest BCUT2D eigenvalue weighted by atomic mass is 10.1. The molecule has 1 aromatic heterocycles. The highest BCUT2D eigenvalue weighted by molar-refractivity contribution is 5.48. The minimum absolute atomic E-state index is 0.0366. The van der Waals surface area contributed by atoms with E-state index in [0.29, 0.717) is 0 Å². The van der Waals surface area contributed by atoms with Gasteiger partial charge < -0.3 is 15.1 Å². The van der Waals surface area contributed by atoms with Gasteiger partial charge in [0.1, 0.15) is 5.76 Å². The van der Waals surface area contributed by atoms with Crippen molar-refractivity contribution in [3.63, 3.8) is 0 Å². The third kappa shape index (κ3) is 3.46. The first-order valence-corrected chi connectivity index (χ1v) is 7.55. The number of piperazine rings is 1. The number of anilines is 1. The summed E-state index contributed by atoms with van der Waals surface area (Å²) >= 11 is 0. The summed E-state index contributed by atoms with van der Waals surface area (Å²) in [6, 6.07) is 12.5. The van der Waals surface area contributed by atoms with Crippen molar-refractivity contribution in [1.29, 1.82) is 0 Å². The molecule has 2 heterocycles. The molecule has 1 aliphatic heterocycles. The van der Waals surface area contributed by atoms with Crippen LogP contribution in [0.3, 0.4) is 0 Å². The summed E-state index contributed by atoms with van der Waals surface area (Å²) in [6.45, 7) is 7.19. The topological polar surface area (TPSA) is 45.6 Å². The molecule has 4 nitrogen and oxygen atoms in total. The van der Waals surface area contributed by atoms with Crippen LogP contribution < -0.4 is 10.6 Å². The molecule has 4 heteroatoms. The molecule has 0 spiro atoms. The Balaban J connectivity index is 1.53. The SMILES string of the molecule is Cc1cccc(N2CCN(CC(N)c3ccco3)CC2)c1. The summed E-state index contributed by atoms with van der Waals surface area (Å²) in [5.41, 5.74) is 8.83. The van der Waals surface area contributed by atoms with E-state index in [1.807, 2.05) is 12.1 Å². The van der Waals surface area contributed by atoms with Gasteiger partial charge in [-0.25, -0.2) is 0 Å². The average Bonchev–Trinajstić information content (AvgIpc) is 3.02. The number of benzene rings is 1. The molecule has 0 bridgehead atoms. The highest BCUT2D eigenvalue weighted by Gasteiger charge is 2.20. The molecule has 0 amide bonds. The fraction of sp³-hybridized carbons (Fsp3) is 0.412. The van der Waals surface area contributed by atoms with Gasteiger partial charge in [-0.3, -0.25) is 4.90 Å². The van der Waals surface area contributed by atoms with Gasteiger partial charge in [0.05, 0.1) is 12.3 Å². The van der Waals surface area contributed by atoms with E-state index in [0.717, 1.165) is 38.5 Å². The van der Waals surface area contributed by atoms with Gasteiger partial charge in [-0.2, -0.15) is 0 Å². The van der Waals surface area contributed by atoms with E-state index in [-0.39, 0.29) is 6.04 Å². The maximum atomic E-state index is 6.19. The summed E-state index contributed by atoms with van der Waals surface area (Å²) in [5.74, 6) is 0.871. The van der Waals surface area contributed by atoms with Crippen LogP contribution in [0.4, 0.5) is 5.69 Å². The maximum absolute atomic E-state index is 6.19. The molecule has 1 aliphatic rings. The smallest absolute Gasteiger partial charge is 0.121 e. The molecule has 112 valence electrons. The Bertz CT molecular complexity index is 559. The van der Waals surface area contributed by atoms with Gasteiger partial charge in [0, 0.05) is 38.4 Å². The predicted molar refractivity (Wildman–Crippen MR) is 85.5 cm³/mol. The number of nitrogens with zero attached hydrogens (tertiary/aromatic N) is 2. The lowest BCUT2D eigenvalue weighted by molar-refractivity contribution is 0.234. The fourth-order valence-electron chi connectivity index (χ4n) is 2.88. The zero-order chi connectivity index (χ0) is 14.7. The third-order valence-electron chi connectivity index (χ3n) is 4.10. The van der Waals surface area contributed by atoms with Crippen molar-refractivity contribution < 1.29 is 4.42 Å². The van der Waals surface area contributed by atoms with Crippen LogP contribution in [0.2, 0.25) is 0 Å². The molecular weight excluding hydrogens is 262 g/mol. The molecule has 0 saturated carbocycles.